The van der Waals surface area contributed by atoms with Gasteiger partial charge in [0.25, 0.3) is 0 Å². The first-order chi connectivity index (χ1) is 4.81. The van der Waals surface area contributed by atoms with Crippen LogP contribution in [0.3, 0.4) is 0 Å². The van der Waals surface area contributed by atoms with E-state index in [0.717, 1.165) is 0 Å². The topological polar surface area (TPSA) is 15.3 Å². The van der Waals surface area contributed by atoms with Crippen molar-refractivity contribution < 1.29 is 0 Å². The summed E-state index contributed by atoms with van der Waals surface area (Å²) < 4.78 is 0. The van der Waals surface area contributed by atoms with Gasteiger partial charge in [-0.15, -0.1) is 24.8 Å². The Balaban J connectivity index is 0.000000605. The Morgan fingerprint density at radius 3 is 2.25 bits per heavy atom. The smallest absolute Gasteiger partial charge is 0.0321 e. The lowest BCUT2D eigenvalue weighted by molar-refractivity contribution is 0.0877. The second-order valence-electron chi connectivity index (χ2n) is 3.80. The molecule has 1 atom stereocenters. The molecule has 2 rings (SSSR count). The van der Waals surface area contributed by atoms with Crippen molar-refractivity contribution in [3.63, 3.8) is 0 Å². The maximum absolute atomic E-state index is 3.55. The van der Waals surface area contributed by atoms with E-state index in [9.17, 15) is 0 Å². The van der Waals surface area contributed by atoms with E-state index < -0.39 is 0 Å². The molecule has 2 saturated heterocycles. The van der Waals surface area contributed by atoms with Gasteiger partial charge in [-0.2, -0.15) is 0 Å². The van der Waals surface area contributed by atoms with Gasteiger partial charge < -0.3 is 10.2 Å². The Labute approximate surface area is 86.9 Å². The molecule has 2 aliphatic rings. The average molecular weight is 213 g/mol. The molecule has 2 fully saturated rings. The molecule has 1 unspecified atom stereocenters. The molecule has 0 amide bonds. The molecule has 0 aromatic heterocycles. The molecule has 2 heterocycles. The van der Waals surface area contributed by atoms with Crippen LogP contribution in [-0.4, -0.2) is 37.1 Å². The molecular formula is C8H18Cl2N2. The van der Waals surface area contributed by atoms with Gasteiger partial charge in [0, 0.05) is 12.1 Å². The van der Waals surface area contributed by atoms with Gasteiger partial charge in [-0.1, -0.05) is 0 Å². The Bertz CT molecular complexity index is 137. The second-order valence-corrected chi connectivity index (χ2v) is 3.80. The zero-order chi connectivity index (χ0) is 7.03. The first-order valence-electron chi connectivity index (χ1n) is 4.24. The lowest BCUT2D eigenvalue weighted by atomic mass is 9.80. The third-order valence-electron chi connectivity index (χ3n) is 2.87. The molecule has 0 aliphatic carbocycles. The van der Waals surface area contributed by atoms with Crippen LogP contribution in [-0.2, 0) is 0 Å². The van der Waals surface area contributed by atoms with Gasteiger partial charge in [0.05, 0.1) is 0 Å². The van der Waals surface area contributed by atoms with E-state index in [1.807, 2.05) is 0 Å². The van der Waals surface area contributed by atoms with Crippen LogP contribution < -0.4 is 5.32 Å². The number of likely N-dealkylation sites (N-methyl/N-ethyl adjacent to an activating group) is 1. The summed E-state index contributed by atoms with van der Waals surface area (Å²) >= 11 is 0. The van der Waals surface area contributed by atoms with Crippen molar-refractivity contribution in [3.05, 3.63) is 0 Å². The standard InChI is InChI=1S/C8H16N2.2ClH/c1-10-6-2-3-8(7-10)4-5-9-8;;/h9H,2-7H2,1H3;2*1H. The molecule has 2 nitrogen and oxygen atoms in total. The van der Waals surface area contributed by atoms with E-state index in [1.165, 1.54) is 38.9 Å². The van der Waals surface area contributed by atoms with Crippen molar-refractivity contribution in [1.82, 2.24) is 10.2 Å². The largest absolute Gasteiger partial charge is 0.310 e. The number of piperidine rings is 1. The van der Waals surface area contributed by atoms with Crippen LogP contribution >= 0.6 is 24.8 Å². The number of halogens is 2. The fourth-order valence-electron chi connectivity index (χ4n) is 2.19. The van der Waals surface area contributed by atoms with E-state index in [0.29, 0.717) is 5.54 Å². The molecule has 1 spiro atoms. The first-order valence-corrected chi connectivity index (χ1v) is 4.24. The molecule has 2 aliphatic heterocycles. The predicted molar refractivity (Wildman–Crippen MR) is 56.6 cm³/mol. The number of likely N-dealkylation sites (tertiary alicyclic amines) is 1. The van der Waals surface area contributed by atoms with Gasteiger partial charge in [0.2, 0.25) is 0 Å². The van der Waals surface area contributed by atoms with Crippen LogP contribution in [0.1, 0.15) is 19.3 Å². The quantitative estimate of drug-likeness (QED) is 0.652. The molecule has 1 N–H and O–H groups in total. The van der Waals surface area contributed by atoms with Gasteiger partial charge in [0.15, 0.2) is 0 Å². The summed E-state index contributed by atoms with van der Waals surface area (Å²) in [6.45, 7) is 3.81. The molecular weight excluding hydrogens is 195 g/mol. The highest BCUT2D eigenvalue weighted by Gasteiger charge is 2.38. The minimum Gasteiger partial charge on any atom is -0.310 e. The van der Waals surface area contributed by atoms with Gasteiger partial charge in [-0.3, -0.25) is 0 Å². The summed E-state index contributed by atoms with van der Waals surface area (Å²) in [7, 11) is 2.22. The second kappa shape index (κ2) is 4.66. The van der Waals surface area contributed by atoms with Crippen LogP contribution in [0.25, 0.3) is 0 Å². The van der Waals surface area contributed by atoms with Crippen molar-refractivity contribution in [2.75, 3.05) is 26.7 Å². The summed E-state index contributed by atoms with van der Waals surface area (Å²) in [5.74, 6) is 0. The summed E-state index contributed by atoms with van der Waals surface area (Å²) in [6, 6.07) is 0. The minimum atomic E-state index is 0. The molecule has 0 aromatic carbocycles. The van der Waals surface area contributed by atoms with E-state index in [1.54, 1.807) is 0 Å². The molecule has 0 aromatic rings. The van der Waals surface area contributed by atoms with Gasteiger partial charge in [-0.25, -0.2) is 0 Å². The molecule has 0 saturated carbocycles. The van der Waals surface area contributed by atoms with E-state index in [4.69, 9.17) is 0 Å². The van der Waals surface area contributed by atoms with Crippen molar-refractivity contribution in [3.8, 4) is 0 Å². The third kappa shape index (κ3) is 2.25. The Morgan fingerprint density at radius 2 is 1.92 bits per heavy atom. The zero-order valence-corrected chi connectivity index (χ0v) is 9.14. The molecule has 74 valence electrons. The van der Waals surface area contributed by atoms with Gasteiger partial charge in [0.1, 0.15) is 0 Å². The molecule has 0 bridgehead atoms. The number of nitrogens with one attached hydrogen (secondary N) is 1. The fourth-order valence-corrected chi connectivity index (χ4v) is 2.19. The normalized spacial score (nSPS) is 34.8. The van der Waals surface area contributed by atoms with Crippen LogP contribution in [0.4, 0.5) is 0 Å². The van der Waals surface area contributed by atoms with Gasteiger partial charge in [-0.05, 0) is 39.4 Å². The monoisotopic (exact) mass is 212 g/mol. The number of hydrogen-bond donors (Lipinski definition) is 1. The van der Waals surface area contributed by atoms with Crippen molar-refractivity contribution in [1.29, 1.82) is 0 Å². The SMILES string of the molecule is CN1CCCC2(CCN2)C1.Cl.Cl. The molecule has 12 heavy (non-hydrogen) atoms. The zero-order valence-electron chi connectivity index (χ0n) is 7.51. The highest BCUT2D eigenvalue weighted by Crippen LogP contribution is 2.28. The van der Waals surface area contributed by atoms with Crippen LogP contribution in [0.2, 0.25) is 0 Å². The molecule has 0 radical (unpaired) electrons. The minimum absolute atomic E-state index is 0. The van der Waals surface area contributed by atoms with Crippen molar-refractivity contribution in [2.24, 2.45) is 0 Å². The van der Waals surface area contributed by atoms with Crippen LogP contribution in [0.15, 0.2) is 0 Å². The van der Waals surface area contributed by atoms with E-state index in [2.05, 4.69) is 17.3 Å². The van der Waals surface area contributed by atoms with Gasteiger partial charge >= 0.3 is 0 Å². The van der Waals surface area contributed by atoms with E-state index >= 15 is 0 Å². The summed E-state index contributed by atoms with van der Waals surface area (Å²) in [5, 5.41) is 3.55. The van der Waals surface area contributed by atoms with Crippen molar-refractivity contribution >= 4 is 24.8 Å². The lowest BCUT2D eigenvalue weighted by Gasteiger charge is -2.49. The predicted octanol–water partition coefficient (Wildman–Crippen LogP) is 1.29. The molecule has 4 heteroatoms. The highest BCUT2D eigenvalue weighted by molar-refractivity contribution is 5.85. The number of rotatable bonds is 0. The third-order valence-corrected chi connectivity index (χ3v) is 2.87. The summed E-state index contributed by atoms with van der Waals surface area (Å²) in [4.78, 5) is 2.44. The summed E-state index contributed by atoms with van der Waals surface area (Å²) in [5.41, 5.74) is 0.549. The van der Waals surface area contributed by atoms with Crippen LogP contribution in [0.5, 0.6) is 0 Å². The van der Waals surface area contributed by atoms with E-state index in [-0.39, 0.29) is 24.8 Å². The number of nitrogens with zero attached hydrogens (tertiary/aromatic N) is 1. The fraction of sp³-hybridized carbons (Fsp3) is 1.00. The Hall–Kier alpha value is 0.500. The number of hydrogen-bond acceptors (Lipinski definition) is 2. The summed E-state index contributed by atoms with van der Waals surface area (Å²) in [6.07, 6.45) is 4.18. The maximum atomic E-state index is 3.55. The van der Waals surface area contributed by atoms with Crippen molar-refractivity contribution in [2.45, 2.75) is 24.8 Å². The average Bonchev–Trinajstić information content (AvgIpc) is 1.85. The van der Waals surface area contributed by atoms with Crippen LogP contribution in [0, 0.1) is 0 Å². The lowest BCUT2D eigenvalue weighted by Crippen LogP contribution is -2.64. The Morgan fingerprint density at radius 1 is 1.25 bits per heavy atom. The first kappa shape index (κ1) is 12.5. The Kier molecular flexibility index (Phi) is 4.85. The highest BCUT2D eigenvalue weighted by atomic mass is 35.5. The maximum Gasteiger partial charge on any atom is 0.0321 e.